The van der Waals surface area contributed by atoms with Crippen molar-refractivity contribution in [2.24, 2.45) is 0 Å². The minimum atomic E-state index is -0.595. The van der Waals surface area contributed by atoms with E-state index in [0.717, 1.165) is 12.8 Å². The highest BCUT2D eigenvalue weighted by atomic mass is 79.9. The Kier molecular flexibility index (Phi) is 3.75. The van der Waals surface area contributed by atoms with Crippen molar-refractivity contribution in [1.82, 2.24) is 15.1 Å². The van der Waals surface area contributed by atoms with Crippen molar-refractivity contribution in [3.63, 3.8) is 0 Å². The van der Waals surface area contributed by atoms with Gasteiger partial charge in [0.15, 0.2) is 0 Å². The zero-order valence-corrected chi connectivity index (χ0v) is 10.6. The van der Waals surface area contributed by atoms with Gasteiger partial charge in [0.1, 0.15) is 4.47 Å². The molecule has 0 radical (unpaired) electrons. The van der Waals surface area contributed by atoms with Crippen molar-refractivity contribution < 1.29 is 10.0 Å². The highest BCUT2D eigenvalue weighted by Crippen LogP contribution is 2.22. The molecule has 94 valence electrons. The Balaban J connectivity index is 1.88. The van der Waals surface area contributed by atoms with Crippen molar-refractivity contribution in [3.05, 3.63) is 20.8 Å². The predicted octanol–water partition coefficient (Wildman–Crippen LogP) is 0.667. The summed E-state index contributed by atoms with van der Waals surface area (Å²) >= 11 is 3.06. The Morgan fingerprint density at radius 2 is 2.47 bits per heavy atom. The molecule has 0 spiro atoms. The van der Waals surface area contributed by atoms with Crippen LogP contribution in [-0.4, -0.2) is 38.5 Å². The number of nitrogens with zero attached hydrogens (tertiary/aromatic N) is 3. The van der Waals surface area contributed by atoms with E-state index in [2.05, 4.69) is 26.3 Å². The number of halogens is 1. The van der Waals surface area contributed by atoms with Gasteiger partial charge in [0.2, 0.25) is 0 Å². The monoisotopic (exact) mass is 304 g/mol. The minimum Gasteiger partial charge on any atom is -0.390 e. The number of aliphatic hydroxyl groups is 1. The summed E-state index contributed by atoms with van der Waals surface area (Å²) in [4.78, 5) is 10.0. The largest absolute Gasteiger partial charge is 0.404 e. The van der Waals surface area contributed by atoms with Gasteiger partial charge in [-0.2, -0.15) is 4.68 Å². The summed E-state index contributed by atoms with van der Waals surface area (Å²) in [5.74, 6) is -0.229. The van der Waals surface area contributed by atoms with Gasteiger partial charge in [-0.3, -0.25) is 0 Å². The Labute approximate surface area is 106 Å². The maximum absolute atomic E-state index is 10.6. The normalized spacial score (nSPS) is 17.1. The third-order valence-corrected chi connectivity index (χ3v) is 3.05. The molecule has 0 aromatic carbocycles. The smallest absolute Gasteiger partial charge is 0.390 e. The standard InChI is InChI=1S/C9H13BrN4O3/c10-8-5-13(12-9(8)14(16)17)4-7(15)3-11-6-1-2-6/h5-7,11,15H,1-4H2. The van der Waals surface area contributed by atoms with Gasteiger partial charge in [-0.25, -0.2) is 0 Å². The van der Waals surface area contributed by atoms with Gasteiger partial charge < -0.3 is 20.5 Å². The first-order valence-corrected chi connectivity index (χ1v) is 6.14. The van der Waals surface area contributed by atoms with Crippen LogP contribution in [0.15, 0.2) is 10.7 Å². The van der Waals surface area contributed by atoms with Crippen molar-refractivity contribution >= 4 is 21.7 Å². The van der Waals surface area contributed by atoms with Crippen LogP contribution >= 0.6 is 15.9 Å². The lowest BCUT2D eigenvalue weighted by molar-refractivity contribution is -0.390. The second-order valence-electron chi connectivity index (χ2n) is 4.12. The average molecular weight is 305 g/mol. The van der Waals surface area contributed by atoms with E-state index in [1.807, 2.05) is 0 Å². The Morgan fingerprint density at radius 1 is 1.76 bits per heavy atom. The first kappa shape index (κ1) is 12.5. The number of hydrogen-bond donors (Lipinski definition) is 2. The van der Waals surface area contributed by atoms with Crippen LogP contribution in [0, 0.1) is 10.1 Å². The zero-order valence-electron chi connectivity index (χ0n) is 9.04. The molecule has 2 rings (SSSR count). The number of aromatic nitrogens is 2. The average Bonchev–Trinajstić information content (AvgIpc) is 3.00. The van der Waals surface area contributed by atoms with Crippen molar-refractivity contribution in [1.29, 1.82) is 0 Å². The molecule has 0 aliphatic heterocycles. The number of nitrogens with one attached hydrogen (secondary N) is 1. The van der Waals surface area contributed by atoms with Gasteiger partial charge in [-0.05, 0) is 33.7 Å². The van der Waals surface area contributed by atoms with Crippen LogP contribution in [-0.2, 0) is 6.54 Å². The molecule has 1 aromatic rings. The topological polar surface area (TPSA) is 93.2 Å². The van der Waals surface area contributed by atoms with Gasteiger partial charge >= 0.3 is 5.82 Å². The number of rotatable bonds is 6. The molecular formula is C9H13BrN4O3. The number of aliphatic hydroxyl groups excluding tert-OH is 1. The van der Waals surface area contributed by atoms with Crippen LogP contribution in [0.5, 0.6) is 0 Å². The second-order valence-corrected chi connectivity index (χ2v) is 4.97. The first-order valence-electron chi connectivity index (χ1n) is 5.35. The lowest BCUT2D eigenvalue weighted by Crippen LogP contribution is -2.31. The lowest BCUT2D eigenvalue weighted by Gasteiger charge is -2.09. The number of hydrogen-bond acceptors (Lipinski definition) is 5. The van der Waals surface area contributed by atoms with Crippen LogP contribution in [0.4, 0.5) is 5.82 Å². The second kappa shape index (κ2) is 5.11. The van der Waals surface area contributed by atoms with E-state index < -0.39 is 11.0 Å². The molecule has 1 aliphatic carbocycles. The number of nitro groups is 1. The lowest BCUT2D eigenvalue weighted by atomic mass is 10.3. The van der Waals surface area contributed by atoms with Gasteiger partial charge in [-0.1, -0.05) is 0 Å². The van der Waals surface area contributed by atoms with E-state index in [9.17, 15) is 15.2 Å². The van der Waals surface area contributed by atoms with Gasteiger partial charge in [-0.15, -0.1) is 0 Å². The molecule has 8 heteroatoms. The molecule has 1 heterocycles. The minimum absolute atomic E-state index is 0.229. The molecule has 0 amide bonds. The molecular weight excluding hydrogens is 292 g/mol. The quantitative estimate of drug-likeness (QED) is 0.595. The maximum Gasteiger partial charge on any atom is 0.404 e. The summed E-state index contributed by atoms with van der Waals surface area (Å²) in [5.41, 5.74) is 0. The van der Waals surface area contributed by atoms with Crippen molar-refractivity contribution in [3.8, 4) is 0 Å². The van der Waals surface area contributed by atoms with Crippen molar-refractivity contribution in [2.45, 2.75) is 31.5 Å². The van der Waals surface area contributed by atoms with E-state index in [-0.39, 0.29) is 12.4 Å². The van der Waals surface area contributed by atoms with E-state index in [4.69, 9.17) is 0 Å². The highest BCUT2D eigenvalue weighted by Gasteiger charge is 2.23. The van der Waals surface area contributed by atoms with Gasteiger partial charge in [0, 0.05) is 12.6 Å². The van der Waals surface area contributed by atoms with E-state index in [1.54, 1.807) is 0 Å². The molecule has 7 nitrogen and oxygen atoms in total. The highest BCUT2D eigenvalue weighted by molar-refractivity contribution is 9.10. The Bertz CT molecular complexity index is 418. The van der Waals surface area contributed by atoms with Crippen LogP contribution in [0.3, 0.4) is 0 Å². The van der Waals surface area contributed by atoms with Gasteiger partial charge in [0.05, 0.1) is 23.9 Å². The van der Waals surface area contributed by atoms with Gasteiger partial charge in [0.25, 0.3) is 0 Å². The first-order chi connectivity index (χ1) is 8.06. The molecule has 1 saturated carbocycles. The third-order valence-electron chi connectivity index (χ3n) is 2.49. The summed E-state index contributed by atoms with van der Waals surface area (Å²) in [6.45, 7) is 0.724. The molecule has 1 aliphatic rings. The molecule has 1 aromatic heterocycles. The summed E-state index contributed by atoms with van der Waals surface area (Å²) in [7, 11) is 0. The predicted molar refractivity (Wildman–Crippen MR) is 63.6 cm³/mol. The van der Waals surface area contributed by atoms with Crippen LogP contribution in [0.2, 0.25) is 0 Å². The summed E-state index contributed by atoms with van der Waals surface area (Å²) in [5, 5.41) is 27.2. The molecule has 0 bridgehead atoms. The molecule has 0 saturated heterocycles. The summed E-state index contributed by atoms with van der Waals surface area (Å²) in [6, 6.07) is 0.531. The van der Waals surface area contributed by atoms with Crippen molar-refractivity contribution in [2.75, 3.05) is 6.54 Å². The zero-order chi connectivity index (χ0) is 12.4. The maximum atomic E-state index is 10.6. The van der Waals surface area contributed by atoms with Crippen LogP contribution in [0.25, 0.3) is 0 Å². The summed E-state index contributed by atoms with van der Waals surface area (Å²) < 4.78 is 1.70. The third kappa shape index (κ3) is 3.48. The molecule has 1 unspecified atom stereocenters. The fourth-order valence-electron chi connectivity index (χ4n) is 1.47. The van der Waals surface area contributed by atoms with Crippen LogP contribution < -0.4 is 5.32 Å². The van der Waals surface area contributed by atoms with E-state index >= 15 is 0 Å². The Hall–Kier alpha value is -0.990. The summed E-state index contributed by atoms with van der Waals surface area (Å²) in [6.07, 6.45) is 3.22. The van der Waals surface area contributed by atoms with E-state index in [1.165, 1.54) is 10.9 Å². The fraction of sp³-hybridized carbons (Fsp3) is 0.667. The van der Waals surface area contributed by atoms with Crippen LogP contribution in [0.1, 0.15) is 12.8 Å². The fourth-order valence-corrected chi connectivity index (χ4v) is 1.94. The Morgan fingerprint density at radius 3 is 3.00 bits per heavy atom. The molecule has 2 N–H and O–H groups in total. The molecule has 1 fully saturated rings. The van der Waals surface area contributed by atoms with E-state index in [0.29, 0.717) is 17.1 Å². The SMILES string of the molecule is O=[N+]([O-])c1nn(CC(O)CNC2CC2)cc1Br. The molecule has 17 heavy (non-hydrogen) atoms. The molecule has 1 atom stereocenters.